The summed E-state index contributed by atoms with van der Waals surface area (Å²) >= 11 is 5.36. The molecule has 7 heteroatoms. The Bertz CT molecular complexity index is 999. The van der Waals surface area contributed by atoms with E-state index < -0.39 is 10.0 Å². The maximum atomic E-state index is 11.3. The van der Waals surface area contributed by atoms with Crippen molar-refractivity contribution in [2.24, 2.45) is 5.14 Å². The molecule has 3 rings (SSSR count). The van der Waals surface area contributed by atoms with Gasteiger partial charge < -0.3 is 10.6 Å². The molecule has 0 aliphatic carbocycles. The average molecular weight is 426 g/mol. The fourth-order valence-corrected chi connectivity index (χ4v) is 3.87. The molecule has 150 valence electrons. The van der Waals surface area contributed by atoms with Gasteiger partial charge in [0.15, 0.2) is 5.11 Å². The normalized spacial score (nSPS) is 11.2. The van der Waals surface area contributed by atoms with E-state index in [2.05, 4.69) is 59.2 Å². The minimum atomic E-state index is -3.70. The molecule has 0 radical (unpaired) electrons. The van der Waals surface area contributed by atoms with Gasteiger partial charge in [-0.2, -0.15) is 0 Å². The fraction of sp³-hybridized carbons (Fsp3) is 0.136. The summed E-state index contributed by atoms with van der Waals surface area (Å²) in [5.41, 5.74) is 3.22. The maximum absolute atomic E-state index is 11.3. The van der Waals surface area contributed by atoms with Gasteiger partial charge in [-0.15, -0.1) is 0 Å². The highest BCUT2D eigenvalue weighted by Crippen LogP contribution is 2.27. The Morgan fingerprint density at radius 1 is 0.862 bits per heavy atom. The summed E-state index contributed by atoms with van der Waals surface area (Å²) in [6.45, 7) is 0.690. The van der Waals surface area contributed by atoms with E-state index >= 15 is 0 Å². The Kier molecular flexibility index (Phi) is 6.98. The first kappa shape index (κ1) is 21.0. The molecule has 0 aliphatic heterocycles. The van der Waals surface area contributed by atoms with Crippen molar-refractivity contribution in [3.63, 3.8) is 0 Å². The molecule has 0 heterocycles. The molecule has 4 N–H and O–H groups in total. The van der Waals surface area contributed by atoms with Crippen LogP contribution in [0.4, 0.5) is 5.69 Å². The summed E-state index contributed by atoms with van der Waals surface area (Å²) in [5, 5.41) is 11.9. The van der Waals surface area contributed by atoms with E-state index in [1.54, 1.807) is 12.1 Å². The third kappa shape index (κ3) is 6.12. The van der Waals surface area contributed by atoms with Gasteiger partial charge in [-0.05, 0) is 54.0 Å². The van der Waals surface area contributed by atoms with E-state index in [1.165, 1.54) is 23.3 Å². The molecule has 0 aliphatic rings. The number of primary sulfonamides is 1. The van der Waals surface area contributed by atoms with Crippen molar-refractivity contribution in [1.82, 2.24) is 5.32 Å². The molecular formula is C22H23N3O2S2. The van der Waals surface area contributed by atoms with Crippen LogP contribution in [0.5, 0.6) is 0 Å². The van der Waals surface area contributed by atoms with E-state index in [4.69, 9.17) is 17.4 Å². The molecule has 0 saturated heterocycles. The highest BCUT2D eigenvalue weighted by Gasteiger charge is 2.13. The van der Waals surface area contributed by atoms with Gasteiger partial charge in [0.1, 0.15) is 0 Å². The number of benzene rings is 3. The number of nitrogens with one attached hydrogen (secondary N) is 2. The minimum Gasteiger partial charge on any atom is -0.362 e. The molecule has 0 bridgehead atoms. The zero-order chi connectivity index (χ0) is 20.7. The first-order valence-electron chi connectivity index (χ1n) is 9.21. The minimum absolute atomic E-state index is 0.0653. The van der Waals surface area contributed by atoms with Crippen LogP contribution in [0.25, 0.3) is 0 Å². The summed E-state index contributed by atoms with van der Waals surface area (Å²) in [6.07, 6.45) is 0.875. The second kappa shape index (κ2) is 9.65. The number of hydrogen-bond donors (Lipinski definition) is 3. The molecule has 0 amide bonds. The van der Waals surface area contributed by atoms with Crippen LogP contribution < -0.4 is 15.8 Å². The smallest absolute Gasteiger partial charge is 0.238 e. The Morgan fingerprint density at radius 3 is 1.86 bits per heavy atom. The molecule has 0 spiro atoms. The molecule has 3 aromatic carbocycles. The summed E-state index contributed by atoms with van der Waals surface area (Å²) in [5.74, 6) is 0.266. The van der Waals surface area contributed by atoms with Gasteiger partial charge in [0, 0.05) is 18.2 Å². The van der Waals surface area contributed by atoms with E-state index in [0.717, 1.165) is 6.42 Å². The van der Waals surface area contributed by atoms with Crippen LogP contribution in [0, 0.1) is 0 Å². The Morgan fingerprint density at radius 2 is 1.38 bits per heavy atom. The van der Waals surface area contributed by atoms with Crippen molar-refractivity contribution >= 4 is 33.0 Å². The first-order chi connectivity index (χ1) is 13.9. The predicted molar refractivity (Wildman–Crippen MR) is 121 cm³/mol. The van der Waals surface area contributed by atoms with Crippen molar-refractivity contribution in [3.8, 4) is 0 Å². The van der Waals surface area contributed by atoms with Gasteiger partial charge in [0.05, 0.1) is 4.90 Å². The lowest BCUT2D eigenvalue weighted by Gasteiger charge is -2.19. The van der Waals surface area contributed by atoms with E-state index in [-0.39, 0.29) is 10.8 Å². The lowest BCUT2D eigenvalue weighted by Crippen LogP contribution is -2.30. The van der Waals surface area contributed by atoms with E-state index in [1.807, 2.05) is 12.1 Å². The summed E-state index contributed by atoms with van der Waals surface area (Å²) < 4.78 is 22.6. The maximum Gasteiger partial charge on any atom is 0.238 e. The lowest BCUT2D eigenvalue weighted by molar-refractivity contribution is 0.598. The van der Waals surface area contributed by atoms with Crippen LogP contribution in [0.1, 0.15) is 23.5 Å². The van der Waals surface area contributed by atoms with Gasteiger partial charge in [-0.25, -0.2) is 13.6 Å². The average Bonchev–Trinajstić information content (AvgIpc) is 2.72. The van der Waals surface area contributed by atoms with E-state index in [9.17, 15) is 8.42 Å². The number of anilines is 1. The monoisotopic (exact) mass is 425 g/mol. The third-order valence-electron chi connectivity index (χ3n) is 4.56. The van der Waals surface area contributed by atoms with E-state index in [0.29, 0.717) is 17.3 Å². The summed E-state index contributed by atoms with van der Waals surface area (Å²) in [7, 11) is -3.70. The summed E-state index contributed by atoms with van der Waals surface area (Å²) in [4.78, 5) is 0.0653. The number of hydrogen-bond acceptors (Lipinski definition) is 3. The highest BCUT2D eigenvalue weighted by molar-refractivity contribution is 7.89. The van der Waals surface area contributed by atoms with Crippen LogP contribution in [-0.4, -0.2) is 20.1 Å². The highest BCUT2D eigenvalue weighted by atomic mass is 32.2. The Hall–Kier alpha value is -2.74. The van der Waals surface area contributed by atoms with Gasteiger partial charge in [-0.1, -0.05) is 60.7 Å². The SMILES string of the molecule is NS(=O)(=O)c1ccc(NC(=S)NCCC(c2ccccc2)c2ccccc2)cc1. The van der Waals surface area contributed by atoms with Crippen molar-refractivity contribution in [3.05, 3.63) is 96.1 Å². The quantitative estimate of drug-likeness (QED) is 0.501. The van der Waals surface area contributed by atoms with Gasteiger partial charge >= 0.3 is 0 Å². The molecular weight excluding hydrogens is 402 g/mol. The fourth-order valence-electron chi connectivity index (χ4n) is 3.13. The molecule has 0 fully saturated rings. The molecule has 5 nitrogen and oxygen atoms in total. The van der Waals surface area contributed by atoms with Gasteiger partial charge in [0.25, 0.3) is 0 Å². The molecule has 0 aromatic heterocycles. The Labute approximate surface area is 177 Å². The molecule has 3 aromatic rings. The van der Waals surface area contributed by atoms with Crippen LogP contribution in [-0.2, 0) is 10.0 Å². The topological polar surface area (TPSA) is 84.2 Å². The number of rotatable bonds is 7. The molecule has 29 heavy (non-hydrogen) atoms. The lowest BCUT2D eigenvalue weighted by atomic mass is 9.88. The largest absolute Gasteiger partial charge is 0.362 e. The zero-order valence-corrected chi connectivity index (χ0v) is 17.4. The van der Waals surface area contributed by atoms with Crippen molar-refractivity contribution < 1.29 is 8.42 Å². The van der Waals surface area contributed by atoms with Crippen LogP contribution >= 0.6 is 12.2 Å². The van der Waals surface area contributed by atoms with Crippen molar-refractivity contribution in [1.29, 1.82) is 0 Å². The van der Waals surface area contributed by atoms with Gasteiger partial charge in [0.2, 0.25) is 10.0 Å². The van der Waals surface area contributed by atoms with Crippen LogP contribution in [0.2, 0.25) is 0 Å². The molecule has 0 atom stereocenters. The summed E-state index contributed by atoms with van der Waals surface area (Å²) in [6, 6.07) is 27.0. The zero-order valence-electron chi connectivity index (χ0n) is 15.8. The second-order valence-electron chi connectivity index (χ2n) is 6.61. The number of thiocarbonyl (C=S) groups is 1. The Balaban J connectivity index is 1.59. The standard InChI is InChI=1S/C22H23N3O2S2/c23-29(26,27)20-13-11-19(12-14-20)25-22(28)24-16-15-21(17-7-3-1-4-8-17)18-9-5-2-6-10-18/h1-14,21H,15-16H2,(H2,23,26,27)(H2,24,25,28). The van der Waals surface area contributed by atoms with Gasteiger partial charge in [-0.3, -0.25) is 0 Å². The molecule has 0 saturated carbocycles. The number of sulfonamides is 1. The van der Waals surface area contributed by atoms with Crippen LogP contribution in [0.15, 0.2) is 89.8 Å². The van der Waals surface area contributed by atoms with Crippen LogP contribution in [0.3, 0.4) is 0 Å². The van der Waals surface area contributed by atoms with Crippen molar-refractivity contribution in [2.75, 3.05) is 11.9 Å². The predicted octanol–water partition coefficient (Wildman–Crippen LogP) is 3.84. The number of nitrogens with two attached hydrogens (primary N) is 1. The third-order valence-corrected chi connectivity index (χ3v) is 5.74. The van der Waals surface area contributed by atoms with Crippen molar-refractivity contribution in [2.45, 2.75) is 17.2 Å². The molecule has 0 unspecified atom stereocenters. The first-order valence-corrected chi connectivity index (χ1v) is 11.2. The second-order valence-corrected chi connectivity index (χ2v) is 8.58.